The molecule has 1 rings (SSSR count). The van der Waals surface area contributed by atoms with Crippen molar-refractivity contribution in [3.8, 4) is 0 Å². The molecule has 0 aliphatic heterocycles. The number of carbonyl (C=O) groups is 1. The summed E-state index contributed by atoms with van der Waals surface area (Å²) in [7, 11) is 0. The summed E-state index contributed by atoms with van der Waals surface area (Å²) in [4.78, 5) is 10.9. The van der Waals surface area contributed by atoms with Gasteiger partial charge in [0.25, 0.3) is 0 Å². The van der Waals surface area contributed by atoms with E-state index in [-0.39, 0.29) is 12.1 Å². The number of ether oxygens (including phenoxy) is 1. The second-order valence-corrected chi connectivity index (χ2v) is 3.19. The van der Waals surface area contributed by atoms with Crippen molar-refractivity contribution in [1.29, 1.82) is 0 Å². The predicted octanol–water partition coefficient (Wildman–Crippen LogP) is 0.690. The molecule has 1 aliphatic rings. The first-order valence-corrected chi connectivity index (χ1v) is 4.11. The van der Waals surface area contributed by atoms with Crippen molar-refractivity contribution >= 4 is 5.97 Å². The molecule has 0 aromatic rings. The Morgan fingerprint density at radius 1 is 1.64 bits per heavy atom. The molecule has 1 saturated carbocycles. The van der Waals surface area contributed by atoms with Crippen LogP contribution in [0.15, 0.2) is 0 Å². The normalized spacial score (nSPS) is 17.0. The highest BCUT2D eigenvalue weighted by molar-refractivity contribution is 5.71. The van der Waals surface area contributed by atoms with E-state index in [1.165, 1.54) is 12.8 Å². The Balaban J connectivity index is 2.00. The highest BCUT2D eigenvalue weighted by Gasteiger charge is 2.21. The van der Waals surface area contributed by atoms with E-state index >= 15 is 0 Å². The van der Waals surface area contributed by atoms with E-state index in [0.29, 0.717) is 12.6 Å². The van der Waals surface area contributed by atoms with Crippen molar-refractivity contribution in [3.05, 3.63) is 0 Å². The summed E-state index contributed by atoms with van der Waals surface area (Å²) in [5.74, 6) is -0.146. The van der Waals surface area contributed by atoms with E-state index in [4.69, 9.17) is 4.74 Å². The fraction of sp³-hybridized carbons (Fsp3) is 0.875. The Bertz CT molecular complexity index is 141. The van der Waals surface area contributed by atoms with Crippen LogP contribution in [-0.2, 0) is 9.53 Å². The average molecular weight is 157 g/mol. The molecule has 64 valence electrons. The van der Waals surface area contributed by atoms with Crippen molar-refractivity contribution in [1.82, 2.24) is 5.32 Å². The fourth-order valence-corrected chi connectivity index (χ4v) is 0.820. The molecule has 1 fully saturated rings. The van der Waals surface area contributed by atoms with Crippen LogP contribution in [0.25, 0.3) is 0 Å². The van der Waals surface area contributed by atoms with Gasteiger partial charge in [0.15, 0.2) is 0 Å². The highest BCUT2D eigenvalue weighted by atomic mass is 16.5. The lowest BCUT2D eigenvalue weighted by Crippen LogP contribution is -2.27. The summed E-state index contributed by atoms with van der Waals surface area (Å²) < 4.78 is 4.93. The summed E-state index contributed by atoms with van der Waals surface area (Å²) in [6.45, 7) is 4.08. The minimum absolute atomic E-state index is 0.00324. The number of carbonyl (C=O) groups excluding carboxylic acids is 1. The topological polar surface area (TPSA) is 38.3 Å². The van der Waals surface area contributed by atoms with Gasteiger partial charge in [0.05, 0.1) is 12.6 Å². The molecule has 0 aromatic heterocycles. The van der Waals surface area contributed by atoms with Gasteiger partial charge >= 0.3 is 5.97 Å². The zero-order valence-electron chi connectivity index (χ0n) is 7.09. The number of esters is 1. The van der Waals surface area contributed by atoms with Gasteiger partial charge in [-0.25, -0.2) is 0 Å². The summed E-state index contributed by atoms with van der Waals surface area (Å²) in [5, 5.41) is 3.09. The first-order chi connectivity index (χ1) is 5.18. The van der Waals surface area contributed by atoms with Crippen molar-refractivity contribution in [2.75, 3.05) is 6.54 Å². The minimum Gasteiger partial charge on any atom is -0.462 e. The number of rotatable bonds is 4. The molecular weight excluding hydrogens is 142 g/mol. The molecule has 3 heteroatoms. The lowest BCUT2D eigenvalue weighted by molar-refractivity contribution is -0.146. The Morgan fingerprint density at radius 2 is 2.27 bits per heavy atom. The first-order valence-electron chi connectivity index (χ1n) is 4.11. The Labute approximate surface area is 67.1 Å². The van der Waals surface area contributed by atoms with E-state index in [0.717, 1.165) is 0 Å². The molecule has 0 spiro atoms. The maximum absolute atomic E-state index is 10.9. The van der Waals surface area contributed by atoms with E-state index in [1.54, 1.807) is 0 Å². The maximum atomic E-state index is 10.9. The van der Waals surface area contributed by atoms with Crippen LogP contribution >= 0.6 is 0 Å². The van der Waals surface area contributed by atoms with Crippen LogP contribution in [0, 0.1) is 0 Å². The van der Waals surface area contributed by atoms with Crippen LogP contribution in [0.4, 0.5) is 0 Å². The van der Waals surface area contributed by atoms with Gasteiger partial charge in [-0.05, 0) is 26.7 Å². The highest BCUT2D eigenvalue weighted by Crippen LogP contribution is 2.17. The maximum Gasteiger partial charge on any atom is 0.320 e. The van der Waals surface area contributed by atoms with Crippen molar-refractivity contribution < 1.29 is 9.53 Å². The van der Waals surface area contributed by atoms with Crippen LogP contribution in [0.2, 0.25) is 0 Å². The van der Waals surface area contributed by atoms with Crippen molar-refractivity contribution in [2.45, 2.75) is 38.8 Å². The van der Waals surface area contributed by atoms with E-state index in [9.17, 15) is 4.79 Å². The lowest BCUT2D eigenvalue weighted by atomic mass is 10.5. The van der Waals surface area contributed by atoms with Gasteiger partial charge in [0.1, 0.15) is 0 Å². The molecule has 0 aromatic carbocycles. The van der Waals surface area contributed by atoms with Gasteiger partial charge in [0.2, 0.25) is 0 Å². The van der Waals surface area contributed by atoms with Crippen LogP contribution in [-0.4, -0.2) is 24.7 Å². The molecule has 0 radical (unpaired) electrons. The molecule has 11 heavy (non-hydrogen) atoms. The molecule has 1 N–H and O–H groups in total. The summed E-state index contributed by atoms with van der Waals surface area (Å²) in [6.07, 6.45) is 2.41. The van der Waals surface area contributed by atoms with E-state index in [1.807, 2.05) is 13.8 Å². The SMILES string of the molecule is CC(C)OC(=O)CNC1CC1. The quantitative estimate of drug-likeness (QED) is 0.610. The van der Waals surface area contributed by atoms with Crippen molar-refractivity contribution in [3.63, 3.8) is 0 Å². The van der Waals surface area contributed by atoms with Gasteiger partial charge in [-0.15, -0.1) is 0 Å². The molecule has 1 aliphatic carbocycles. The largest absolute Gasteiger partial charge is 0.462 e. The summed E-state index contributed by atoms with van der Waals surface area (Å²) >= 11 is 0. The average Bonchev–Trinajstić information content (AvgIpc) is 2.63. The first kappa shape index (κ1) is 8.53. The third kappa shape index (κ3) is 3.98. The second-order valence-electron chi connectivity index (χ2n) is 3.19. The molecule has 0 bridgehead atoms. The lowest BCUT2D eigenvalue weighted by Gasteiger charge is -2.07. The van der Waals surface area contributed by atoms with Gasteiger partial charge in [-0.2, -0.15) is 0 Å². The molecule has 0 unspecified atom stereocenters. The Kier molecular flexibility index (Phi) is 2.88. The number of hydrogen-bond donors (Lipinski definition) is 1. The molecule has 3 nitrogen and oxygen atoms in total. The molecule has 0 heterocycles. The third-order valence-electron chi connectivity index (χ3n) is 1.48. The van der Waals surface area contributed by atoms with Crippen LogP contribution < -0.4 is 5.32 Å². The smallest absolute Gasteiger partial charge is 0.320 e. The van der Waals surface area contributed by atoms with E-state index in [2.05, 4.69) is 5.32 Å². The van der Waals surface area contributed by atoms with Crippen LogP contribution in [0.1, 0.15) is 26.7 Å². The second kappa shape index (κ2) is 3.72. The van der Waals surface area contributed by atoms with Gasteiger partial charge < -0.3 is 10.1 Å². The fourth-order valence-electron chi connectivity index (χ4n) is 0.820. The molecule has 0 amide bonds. The number of hydrogen-bond acceptors (Lipinski definition) is 3. The van der Waals surface area contributed by atoms with Gasteiger partial charge in [-0.1, -0.05) is 0 Å². The Morgan fingerprint density at radius 3 is 2.73 bits per heavy atom. The molecular formula is C8H15NO2. The molecule has 0 atom stereocenters. The van der Waals surface area contributed by atoms with Crippen LogP contribution in [0.3, 0.4) is 0 Å². The standard InChI is InChI=1S/C8H15NO2/c1-6(2)11-8(10)5-9-7-3-4-7/h6-7,9H,3-5H2,1-2H3. The van der Waals surface area contributed by atoms with Crippen molar-refractivity contribution in [2.24, 2.45) is 0 Å². The molecule has 0 saturated heterocycles. The predicted molar refractivity (Wildman–Crippen MR) is 42.3 cm³/mol. The number of nitrogens with one attached hydrogen (secondary N) is 1. The van der Waals surface area contributed by atoms with Gasteiger partial charge in [0, 0.05) is 6.04 Å². The zero-order valence-corrected chi connectivity index (χ0v) is 7.09. The van der Waals surface area contributed by atoms with E-state index < -0.39 is 0 Å². The van der Waals surface area contributed by atoms with Gasteiger partial charge in [-0.3, -0.25) is 4.79 Å². The zero-order chi connectivity index (χ0) is 8.27. The third-order valence-corrected chi connectivity index (χ3v) is 1.48. The monoisotopic (exact) mass is 157 g/mol. The summed E-state index contributed by atoms with van der Waals surface area (Å²) in [6, 6.07) is 0.578. The minimum atomic E-state index is -0.146. The summed E-state index contributed by atoms with van der Waals surface area (Å²) in [5.41, 5.74) is 0. The Hall–Kier alpha value is -0.570. The van der Waals surface area contributed by atoms with Crippen LogP contribution in [0.5, 0.6) is 0 Å².